The van der Waals surface area contributed by atoms with Crippen LogP contribution in [-0.2, 0) is 16.0 Å². The van der Waals surface area contributed by atoms with Gasteiger partial charge in [-0.1, -0.05) is 42.5 Å². The fourth-order valence-electron chi connectivity index (χ4n) is 4.49. The van der Waals surface area contributed by atoms with Crippen LogP contribution in [0.25, 0.3) is 0 Å². The molecule has 25 heavy (non-hydrogen) atoms. The molecule has 2 aliphatic heterocycles. The standard InChI is InChI=1S/C21H26N2O2/c24-20-18-8-4-5-9-19(18)21(25)23(20)15-22-12-10-17(11-13-22)14-16-6-2-1-3-7-16/h1-7,17-19H,8-15H2/t18-,19-/m1/s1. The van der Waals surface area contributed by atoms with Crippen LogP contribution in [0.2, 0.25) is 0 Å². The van der Waals surface area contributed by atoms with E-state index in [-0.39, 0.29) is 23.7 Å². The first-order chi connectivity index (χ1) is 12.2. The number of amides is 2. The predicted molar refractivity (Wildman–Crippen MR) is 96.5 cm³/mol. The van der Waals surface area contributed by atoms with E-state index >= 15 is 0 Å². The Kier molecular flexibility index (Phi) is 4.71. The van der Waals surface area contributed by atoms with Gasteiger partial charge in [-0.25, -0.2) is 0 Å². The number of benzene rings is 1. The molecule has 4 rings (SSSR count). The molecule has 1 aromatic carbocycles. The van der Waals surface area contributed by atoms with Crippen LogP contribution in [0, 0.1) is 17.8 Å². The van der Waals surface area contributed by atoms with E-state index in [0.717, 1.165) is 45.2 Å². The molecule has 4 nitrogen and oxygen atoms in total. The van der Waals surface area contributed by atoms with Gasteiger partial charge in [0.2, 0.25) is 11.8 Å². The first-order valence-corrected chi connectivity index (χ1v) is 9.49. The lowest BCUT2D eigenvalue weighted by atomic mass is 9.85. The summed E-state index contributed by atoms with van der Waals surface area (Å²) < 4.78 is 0. The van der Waals surface area contributed by atoms with Gasteiger partial charge in [0, 0.05) is 13.1 Å². The summed E-state index contributed by atoms with van der Waals surface area (Å²) >= 11 is 0. The van der Waals surface area contributed by atoms with Crippen molar-refractivity contribution < 1.29 is 9.59 Å². The van der Waals surface area contributed by atoms with Crippen LogP contribution in [0.1, 0.15) is 31.2 Å². The van der Waals surface area contributed by atoms with Crippen molar-refractivity contribution in [3.63, 3.8) is 0 Å². The topological polar surface area (TPSA) is 40.6 Å². The normalized spacial score (nSPS) is 27.8. The van der Waals surface area contributed by atoms with E-state index in [2.05, 4.69) is 35.2 Å². The summed E-state index contributed by atoms with van der Waals surface area (Å²) in [6.45, 7) is 2.44. The monoisotopic (exact) mass is 338 g/mol. The number of nitrogens with zero attached hydrogens (tertiary/aromatic N) is 2. The van der Waals surface area contributed by atoms with E-state index in [1.807, 2.05) is 12.2 Å². The predicted octanol–water partition coefficient (Wildman–Crippen LogP) is 2.85. The molecule has 2 heterocycles. The summed E-state index contributed by atoms with van der Waals surface area (Å²) in [6.07, 6.45) is 8.96. The Morgan fingerprint density at radius 3 is 2.08 bits per heavy atom. The molecule has 2 atom stereocenters. The number of carbonyl (C=O) groups is 2. The second kappa shape index (κ2) is 7.12. The molecule has 0 unspecified atom stereocenters. The minimum atomic E-state index is -0.104. The van der Waals surface area contributed by atoms with E-state index in [4.69, 9.17) is 0 Å². The molecule has 1 aromatic rings. The molecule has 0 aromatic heterocycles. The molecule has 0 saturated carbocycles. The molecule has 0 N–H and O–H groups in total. The highest BCUT2D eigenvalue weighted by atomic mass is 16.2. The van der Waals surface area contributed by atoms with Gasteiger partial charge in [-0.15, -0.1) is 0 Å². The molecule has 3 aliphatic rings. The quantitative estimate of drug-likeness (QED) is 0.626. The lowest BCUT2D eigenvalue weighted by Gasteiger charge is -2.34. The third-order valence-corrected chi connectivity index (χ3v) is 6.01. The summed E-state index contributed by atoms with van der Waals surface area (Å²) in [5, 5.41) is 0. The molecular formula is C21H26N2O2. The Bertz CT molecular complexity index is 636. The van der Waals surface area contributed by atoms with Gasteiger partial charge in [0.15, 0.2) is 0 Å². The van der Waals surface area contributed by atoms with Crippen molar-refractivity contribution in [3.05, 3.63) is 48.0 Å². The Labute approximate surface area is 149 Å². The first kappa shape index (κ1) is 16.5. The Balaban J connectivity index is 1.30. The van der Waals surface area contributed by atoms with E-state index in [1.165, 1.54) is 10.5 Å². The smallest absolute Gasteiger partial charge is 0.234 e. The van der Waals surface area contributed by atoms with Crippen LogP contribution in [0.15, 0.2) is 42.5 Å². The number of allylic oxidation sites excluding steroid dienone is 2. The minimum absolute atomic E-state index is 0.0470. The third kappa shape index (κ3) is 3.40. The maximum absolute atomic E-state index is 12.6. The van der Waals surface area contributed by atoms with Crippen molar-refractivity contribution in [2.24, 2.45) is 17.8 Å². The van der Waals surface area contributed by atoms with Crippen LogP contribution >= 0.6 is 0 Å². The van der Waals surface area contributed by atoms with Gasteiger partial charge < -0.3 is 0 Å². The lowest BCUT2D eigenvalue weighted by molar-refractivity contribution is -0.142. The summed E-state index contributed by atoms with van der Waals surface area (Å²) in [7, 11) is 0. The summed E-state index contributed by atoms with van der Waals surface area (Å²) in [5.74, 6) is 0.591. The number of carbonyl (C=O) groups excluding carboxylic acids is 2. The lowest BCUT2D eigenvalue weighted by Crippen LogP contribution is -2.45. The van der Waals surface area contributed by atoms with Crippen LogP contribution < -0.4 is 0 Å². The van der Waals surface area contributed by atoms with Crippen molar-refractivity contribution in [3.8, 4) is 0 Å². The zero-order chi connectivity index (χ0) is 17.2. The van der Waals surface area contributed by atoms with Gasteiger partial charge >= 0.3 is 0 Å². The van der Waals surface area contributed by atoms with Crippen molar-refractivity contribution >= 4 is 11.8 Å². The largest absolute Gasteiger partial charge is 0.286 e. The number of likely N-dealkylation sites (tertiary alicyclic amines) is 2. The first-order valence-electron chi connectivity index (χ1n) is 9.49. The Morgan fingerprint density at radius 1 is 0.880 bits per heavy atom. The number of hydrogen-bond donors (Lipinski definition) is 0. The summed E-state index contributed by atoms with van der Waals surface area (Å²) in [5.41, 5.74) is 1.41. The van der Waals surface area contributed by atoms with Crippen molar-refractivity contribution in [1.82, 2.24) is 9.80 Å². The number of piperidine rings is 1. The molecule has 2 amide bonds. The SMILES string of the molecule is O=C1[C@@H]2CC=CC[C@H]2C(=O)N1CN1CCC(Cc2ccccc2)CC1. The average molecular weight is 338 g/mol. The fraction of sp³-hybridized carbons (Fsp3) is 0.524. The van der Waals surface area contributed by atoms with Crippen LogP contribution in [0.5, 0.6) is 0 Å². The van der Waals surface area contributed by atoms with E-state index in [9.17, 15) is 9.59 Å². The van der Waals surface area contributed by atoms with E-state index in [1.54, 1.807) is 0 Å². The second-order valence-corrected chi connectivity index (χ2v) is 7.65. The van der Waals surface area contributed by atoms with Gasteiger partial charge in [-0.05, 0) is 43.6 Å². The number of fused-ring (bicyclic) bond motifs is 1. The Morgan fingerprint density at radius 2 is 1.48 bits per heavy atom. The van der Waals surface area contributed by atoms with Gasteiger partial charge in [0.1, 0.15) is 0 Å². The second-order valence-electron chi connectivity index (χ2n) is 7.65. The molecule has 0 bridgehead atoms. The average Bonchev–Trinajstić information content (AvgIpc) is 2.89. The maximum atomic E-state index is 12.6. The number of rotatable bonds is 4. The van der Waals surface area contributed by atoms with Gasteiger partial charge in [-0.3, -0.25) is 19.4 Å². The van der Waals surface area contributed by atoms with Crippen LogP contribution in [0.4, 0.5) is 0 Å². The third-order valence-electron chi connectivity index (χ3n) is 6.01. The van der Waals surface area contributed by atoms with Crippen LogP contribution in [-0.4, -0.2) is 41.4 Å². The van der Waals surface area contributed by atoms with Crippen LogP contribution in [0.3, 0.4) is 0 Å². The molecule has 0 radical (unpaired) electrons. The highest BCUT2D eigenvalue weighted by molar-refractivity contribution is 6.05. The molecule has 0 spiro atoms. The maximum Gasteiger partial charge on any atom is 0.234 e. The molecule has 2 saturated heterocycles. The molecular weight excluding hydrogens is 312 g/mol. The minimum Gasteiger partial charge on any atom is -0.286 e. The fourth-order valence-corrected chi connectivity index (χ4v) is 4.49. The summed E-state index contributed by atoms with van der Waals surface area (Å²) in [6, 6.07) is 10.7. The molecule has 2 fully saturated rings. The van der Waals surface area contributed by atoms with E-state index in [0.29, 0.717) is 12.6 Å². The van der Waals surface area contributed by atoms with Crippen molar-refractivity contribution in [1.29, 1.82) is 0 Å². The van der Waals surface area contributed by atoms with Crippen molar-refractivity contribution in [2.75, 3.05) is 19.8 Å². The highest BCUT2D eigenvalue weighted by Gasteiger charge is 2.47. The van der Waals surface area contributed by atoms with Gasteiger partial charge in [0.25, 0.3) is 0 Å². The van der Waals surface area contributed by atoms with Gasteiger partial charge in [0.05, 0.1) is 18.5 Å². The molecule has 4 heteroatoms. The molecule has 132 valence electrons. The zero-order valence-electron chi connectivity index (χ0n) is 14.6. The number of hydrogen-bond acceptors (Lipinski definition) is 3. The zero-order valence-corrected chi connectivity index (χ0v) is 14.6. The Hall–Kier alpha value is -1.94. The summed E-state index contributed by atoms with van der Waals surface area (Å²) in [4.78, 5) is 29.0. The number of imide groups is 1. The van der Waals surface area contributed by atoms with Gasteiger partial charge in [-0.2, -0.15) is 0 Å². The molecule has 1 aliphatic carbocycles. The van der Waals surface area contributed by atoms with Crippen molar-refractivity contribution in [2.45, 2.75) is 32.1 Å². The highest BCUT2D eigenvalue weighted by Crippen LogP contribution is 2.35. The van der Waals surface area contributed by atoms with E-state index < -0.39 is 0 Å².